The third-order valence-electron chi connectivity index (χ3n) is 11.4. The fourth-order valence-electron chi connectivity index (χ4n) is 9.21. The molecule has 0 amide bonds. The van der Waals surface area contributed by atoms with E-state index in [-0.39, 0.29) is 0 Å². The Morgan fingerprint density at radius 2 is 0.778 bits per heavy atom. The predicted octanol–water partition coefficient (Wildman–Crippen LogP) is 15.1. The van der Waals surface area contributed by atoms with E-state index in [4.69, 9.17) is 8.83 Å². The molecule has 0 fully saturated rings. The molecule has 2 nitrogen and oxygen atoms in total. The molecule has 0 spiro atoms. The van der Waals surface area contributed by atoms with Crippen LogP contribution in [0, 0.1) is 0 Å². The van der Waals surface area contributed by atoms with Crippen LogP contribution in [0.25, 0.3) is 120 Å². The van der Waals surface area contributed by atoms with Crippen LogP contribution in [-0.4, -0.2) is 0 Å². The highest BCUT2D eigenvalue weighted by molar-refractivity contribution is 6.33. The summed E-state index contributed by atoms with van der Waals surface area (Å²) < 4.78 is 13.3. The maximum Gasteiger partial charge on any atom is 0.143 e. The first-order valence-corrected chi connectivity index (χ1v) is 18.5. The summed E-state index contributed by atoms with van der Waals surface area (Å²) in [5.74, 6) is 0. The highest BCUT2D eigenvalue weighted by atomic mass is 16.3. The van der Waals surface area contributed by atoms with Crippen molar-refractivity contribution in [3.63, 3.8) is 0 Å². The average molecular weight is 687 g/mol. The van der Waals surface area contributed by atoms with Gasteiger partial charge in [0.15, 0.2) is 0 Å². The Hall–Kier alpha value is -7.16. The molecule has 0 radical (unpaired) electrons. The van der Waals surface area contributed by atoms with E-state index in [1.54, 1.807) is 0 Å². The summed E-state index contributed by atoms with van der Waals surface area (Å²) in [5.41, 5.74) is 10.7. The summed E-state index contributed by atoms with van der Waals surface area (Å²) in [5, 5.41) is 14.2. The monoisotopic (exact) mass is 686 g/mol. The van der Waals surface area contributed by atoms with Gasteiger partial charge in [0.25, 0.3) is 0 Å². The topological polar surface area (TPSA) is 26.3 Å². The molecule has 0 saturated heterocycles. The summed E-state index contributed by atoms with van der Waals surface area (Å²) in [6.07, 6.45) is 0. The third-order valence-corrected chi connectivity index (χ3v) is 11.4. The van der Waals surface area contributed by atoms with Crippen LogP contribution in [-0.2, 0) is 0 Å². The van der Waals surface area contributed by atoms with Crippen LogP contribution in [0.3, 0.4) is 0 Å². The fraction of sp³-hybridized carbons (Fsp3) is 0. The first-order chi connectivity index (χ1) is 26.8. The van der Waals surface area contributed by atoms with E-state index in [1.807, 2.05) is 6.07 Å². The van der Waals surface area contributed by atoms with Gasteiger partial charge in [-0.25, -0.2) is 0 Å². The van der Waals surface area contributed by atoms with Crippen molar-refractivity contribution >= 4 is 87.0 Å². The normalized spacial score (nSPS) is 12.1. The van der Waals surface area contributed by atoms with E-state index in [9.17, 15) is 0 Å². The summed E-state index contributed by atoms with van der Waals surface area (Å²) in [6, 6.07) is 65.5. The molecule has 0 saturated carbocycles. The van der Waals surface area contributed by atoms with Crippen molar-refractivity contribution in [1.82, 2.24) is 0 Å². The van der Waals surface area contributed by atoms with Gasteiger partial charge < -0.3 is 8.83 Å². The standard InChI is InChI=1S/C52H30O2/c1-2-14-31(15-3-1)47-36-18-6-8-20-38(36)49(39-21-9-7-19-37(39)47)40-28-27-35(33-16-4-5-17-34(33)40)43-30-32-26-29-46-50(41-22-10-12-24-44(41)53-46)48(32)51-42-23-11-13-25-45(42)54-52(43)51/h1-30H. The number of benzene rings is 10. The number of hydrogen-bond acceptors (Lipinski definition) is 2. The molecule has 2 heteroatoms. The van der Waals surface area contributed by atoms with Crippen molar-refractivity contribution in [1.29, 1.82) is 0 Å². The maximum absolute atomic E-state index is 6.89. The zero-order valence-corrected chi connectivity index (χ0v) is 29.1. The first kappa shape index (κ1) is 29.4. The Bertz CT molecular complexity index is 3430. The Balaban J connectivity index is 1.19. The van der Waals surface area contributed by atoms with Crippen LogP contribution in [0.5, 0.6) is 0 Å². The van der Waals surface area contributed by atoms with Crippen molar-refractivity contribution in [2.24, 2.45) is 0 Å². The van der Waals surface area contributed by atoms with Gasteiger partial charge >= 0.3 is 0 Å². The van der Waals surface area contributed by atoms with Crippen molar-refractivity contribution in [2.45, 2.75) is 0 Å². The Morgan fingerprint density at radius 3 is 1.44 bits per heavy atom. The fourth-order valence-corrected chi connectivity index (χ4v) is 9.21. The zero-order chi connectivity index (χ0) is 35.3. The Morgan fingerprint density at radius 1 is 0.278 bits per heavy atom. The molecule has 0 aliphatic rings. The SMILES string of the molecule is c1ccc(-c2c3ccccc3c(-c3ccc(-c4cc5ccc6oc7ccccc7c6c5c5c4oc4ccccc45)c4ccccc34)c3ccccc23)cc1. The number of furan rings is 2. The molecule has 2 aromatic heterocycles. The van der Waals surface area contributed by atoms with Gasteiger partial charge in [0.2, 0.25) is 0 Å². The lowest BCUT2D eigenvalue weighted by molar-refractivity contribution is 0.669. The van der Waals surface area contributed by atoms with Gasteiger partial charge in [-0.3, -0.25) is 0 Å². The molecule has 0 aliphatic heterocycles. The van der Waals surface area contributed by atoms with Gasteiger partial charge in [0.05, 0.1) is 0 Å². The molecule has 0 unspecified atom stereocenters. The van der Waals surface area contributed by atoms with E-state index >= 15 is 0 Å². The summed E-state index contributed by atoms with van der Waals surface area (Å²) in [6.45, 7) is 0. The molecule has 12 rings (SSSR count). The molecule has 54 heavy (non-hydrogen) atoms. The first-order valence-electron chi connectivity index (χ1n) is 18.5. The van der Waals surface area contributed by atoms with Gasteiger partial charge in [-0.1, -0.05) is 158 Å². The van der Waals surface area contributed by atoms with Gasteiger partial charge in [-0.05, 0) is 89.8 Å². The van der Waals surface area contributed by atoms with Crippen LogP contribution in [0.2, 0.25) is 0 Å². The van der Waals surface area contributed by atoms with Crippen molar-refractivity contribution in [2.75, 3.05) is 0 Å². The van der Waals surface area contributed by atoms with E-state index in [1.165, 1.54) is 60.0 Å². The molecule has 10 aromatic carbocycles. The van der Waals surface area contributed by atoms with Crippen LogP contribution in [0.15, 0.2) is 191 Å². The largest absolute Gasteiger partial charge is 0.456 e. The summed E-state index contributed by atoms with van der Waals surface area (Å²) >= 11 is 0. The van der Waals surface area contributed by atoms with Gasteiger partial charge in [0.1, 0.15) is 22.3 Å². The molecular formula is C52H30O2. The van der Waals surface area contributed by atoms with E-state index in [0.29, 0.717) is 0 Å². The molecule has 2 heterocycles. The quantitative estimate of drug-likeness (QED) is 0.173. The maximum atomic E-state index is 6.89. The minimum Gasteiger partial charge on any atom is -0.456 e. The molecule has 250 valence electrons. The van der Waals surface area contributed by atoms with Crippen molar-refractivity contribution in [3.05, 3.63) is 182 Å². The lowest BCUT2D eigenvalue weighted by Gasteiger charge is -2.20. The average Bonchev–Trinajstić information content (AvgIpc) is 3.82. The lowest BCUT2D eigenvalue weighted by Crippen LogP contribution is -1.92. The second-order valence-corrected chi connectivity index (χ2v) is 14.3. The zero-order valence-electron chi connectivity index (χ0n) is 29.1. The van der Waals surface area contributed by atoms with E-state index < -0.39 is 0 Å². The summed E-state index contributed by atoms with van der Waals surface area (Å²) in [4.78, 5) is 0. The third kappa shape index (κ3) is 4.05. The summed E-state index contributed by atoms with van der Waals surface area (Å²) in [7, 11) is 0. The molecular weight excluding hydrogens is 657 g/mol. The van der Waals surface area contributed by atoms with Crippen LogP contribution < -0.4 is 0 Å². The Kier molecular flexibility index (Phi) is 6.09. The second-order valence-electron chi connectivity index (χ2n) is 14.3. The molecule has 0 aliphatic carbocycles. The predicted molar refractivity (Wildman–Crippen MR) is 227 cm³/mol. The van der Waals surface area contributed by atoms with Crippen molar-refractivity contribution in [3.8, 4) is 33.4 Å². The second kappa shape index (κ2) is 11.2. The minimum absolute atomic E-state index is 0.878. The lowest BCUT2D eigenvalue weighted by atomic mass is 9.83. The molecule has 0 bridgehead atoms. The molecule has 0 N–H and O–H groups in total. The number of para-hydroxylation sites is 2. The van der Waals surface area contributed by atoms with Crippen LogP contribution >= 0.6 is 0 Å². The minimum atomic E-state index is 0.878. The number of hydrogen-bond donors (Lipinski definition) is 0. The van der Waals surface area contributed by atoms with Gasteiger partial charge in [-0.15, -0.1) is 0 Å². The van der Waals surface area contributed by atoms with Gasteiger partial charge in [0, 0.05) is 32.5 Å². The highest BCUT2D eigenvalue weighted by Crippen LogP contribution is 2.49. The molecule has 0 atom stereocenters. The smallest absolute Gasteiger partial charge is 0.143 e. The number of rotatable bonds is 3. The highest BCUT2D eigenvalue weighted by Gasteiger charge is 2.23. The van der Waals surface area contributed by atoms with E-state index in [0.717, 1.165) is 60.4 Å². The van der Waals surface area contributed by atoms with Crippen LogP contribution in [0.1, 0.15) is 0 Å². The van der Waals surface area contributed by atoms with Crippen LogP contribution in [0.4, 0.5) is 0 Å². The Labute approximate surface area is 310 Å². The number of fused-ring (bicyclic) bond motifs is 12. The molecule has 12 aromatic rings. The van der Waals surface area contributed by atoms with Gasteiger partial charge in [-0.2, -0.15) is 0 Å². The van der Waals surface area contributed by atoms with E-state index in [2.05, 4.69) is 176 Å². The van der Waals surface area contributed by atoms with Crippen molar-refractivity contribution < 1.29 is 8.83 Å².